The van der Waals surface area contributed by atoms with Gasteiger partial charge >= 0.3 is 0 Å². The third-order valence-electron chi connectivity index (χ3n) is 3.32. The van der Waals surface area contributed by atoms with Crippen LogP contribution in [0.1, 0.15) is 11.3 Å². The number of hydrogen-bond donors (Lipinski definition) is 1. The van der Waals surface area contributed by atoms with Crippen LogP contribution < -0.4 is 5.73 Å². The molecule has 90 valence electrons. The van der Waals surface area contributed by atoms with Crippen molar-refractivity contribution in [3.63, 3.8) is 0 Å². The van der Waals surface area contributed by atoms with E-state index in [2.05, 4.69) is 47.9 Å². The second-order valence-electron chi connectivity index (χ2n) is 4.68. The highest BCUT2D eigenvalue weighted by Gasteiger charge is 2.06. The number of rotatable bonds is 2. The molecular weight excluding hydrogens is 220 g/mol. The van der Waals surface area contributed by atoms with E-state index >= 15 is 0 Å². The first kappa shape index (κ1) is 10.9. The van der Waals surface area contributed by atoms with Gasteiger partial charge in [0.25, 0.3) is 0 Å². The number of hydrogen-bond acceptors (Lipinski definition) is 1. The Kier molecular flexibility index (Phi) is 2.56. The Morgan fingerprint density at radius 1 is 1.00 bits per heavy atom. The van der Waals surface area contributed by atoms with Gasteiger partial charge in [-0.3, -0.25) is 0 Å². The summed E-state index contributed by atoms with van der Waals surface area (Å²) in [5, 5.41) is 1.21. The van der Waals surface area contributed by atoms with E-state index in [1.54, 1.807) is 0 Å². The largest absolute Gasteiger partial charge is 0.399 e. The van der Waals surface area contributed by atoms with Crippen LogP contribution in [-0.4, -0.2) is 4.57 Å². The summed E-state index contributed by atoms with van der Waals surface area (Å²) in [6, 6.07) is 18.8. The number of aryl methyl sites for hydroxylation is 1. The Balaban J connectivity index is 2.09. The third kappa shape index (κ3) is 1.86. The zero-order chi connectivity index (χ0) is 12.5. The lowest BCUT2D eigenvalue weighted by molar-refractivity contribution is 0.805. The van der Waals surface area contributed by atoms with Crippen molar-refractivity contribution in [3.8, 4) is 0 Å². The number of anilines is 1. The Labute approximate surface area is 107 Å². The minimum atomic E-state index is 0.819. The molecule has 0 saturated heterocycles. The number of aromatic nitrogens is 1. The molecule has 0 aliphatic carbocycles. The summed E-state index contributed by atoms with van der Waals surface area (Å²) in [5.74, 6) is 0. The van der Waals surface area contributed by atoms with Crippen LogP contribution in [0, 0.1) is 6.92 Å². The molecule has 0 amide bonds. The van der Waals surface area contributed by atoms with Crippen LogP contribution in [0.25, 0.3) is 10.9 Å². The van der Waals surface area contributed by atoms with E-state index in [1.807, 2.05) is 18.2 Å². The molecule has 0 atom stereocenters. The van der Waals surface area contributed by atoms with Crippen LogP contribution in [-0.2, 0) is 6.54 Å². The summed E-state index contributed by atoms with van der Waals surface area (Å²) in [5.41, 5.74) is 10.5. The summed E-state index contributed by atoms with van der Waals surface area (Å²) >= 11 is 0. The van der Waals surface area contributed by atoms with E-state index in [9.17, 15) is 0 Å². The molecule has 2 aromatic carbocycles. The average molecular weight is 236 g/mol. The van der Waals surface area contributed by atoms with Crippen LogP contribution in [0.4, 0.5) is 5.69 Å². The molecule has 0 saturated carbocycles. The highest BCUT2D eigenvalue weighted by molar-refractivity contribution is 5.84. The molecule has 3 rings (SSSR count). The lowest BCUT2D eigenvalue weighted by Gasteiger charge is -2.08. The van der Waals surface area contributed by atoms with Gasteiger partial charge in [-0.05, 0) is 36.8 Å². The standard InChI is InChI=1S/C16H16N2/c1-12-9-14-10-15(17)7-8-16(14)18(12)11-13-5-3-2-4-6-13/h2-10H,11,17H2,1H3. The molecule has 0 aliphatic heterocycles. The highest BCUT2D eigenvalue weighted by Crippen LogP contribution is 2.23. The van der Waals surface area contributed by atoms with E-state index in [1.165, 1.54) is 22.2 Å². The summed E-state index contributed by atoms with van der Waals surface area (Å²) in [6.45, 7) is 3.04. The van der Waals surface area contributed by atoms with Gasteiger partial charge in [-0.2, -0.15) is 0 Å². The van der Waals surface area contributed by atoms with Crippen molar-refractivity contribution >= 4 is 16.6 Å². The topological polar surface area (TPSA) is 30.9 Å². The Hall–Kier alpha value is -2.22. The quantitative estimate of drug-likeness (QED) is 0.677. The number of nitrogen functional groups attached to an aromatic ring is 1. The summed E-state index contributed by atoms with van der Waals surface area (Å²) < 4.78 is 2.32. The van der Waals surface area contributed by atoms with Gasteiger partial charge < -0.3 is 10.3 Å². The molecule has 2 heteroatoms. The lowest BCUT2D eigenvalue weighted by Crippen LogP contribution is -2.01. The van der Waals surface area contributed by atoms with Crippen molar-refractivity contribution in [1.29, 1.82) is 0 Å². The van der Waals surface area contributed by atoms with Crippen LogP contribution in [0.5, 0.6) is 0 Å². The van der Waals surface area contributed by atoms with Gasteiger partial charge in [0.05, 0.1) is 0 Å². The van der Waals surface area contributed by atoms with Crippen molar-refractivity contribution in [2.75, 3.05) is 5.73 Å². The molecule has 2 N–H and O–H groups in total. The lowest BCUT2D eigenvalue weighted by atomic mass is 10.2. The molecule has 0 aliphatic rings. The Bertz CT molecular complexity index is 681. The molecule has 1 aromatic heterocycles. The predicted molar refractivity (Wildman–Crippen MR) is 76.6 cm³/mol. The minimum Gasteiger partial charge on any atom is -0.399 e. The highest BCUT2D eigenvalue weighted by atomic mass is 15.0. The third-order valence-corrected chi connectivity index (χ3v) is 3.32. The monoisotopic (exact) mass is 236 g/mol. The summed E-state index contributed by atoms with van der Waals surface area (Å²) in [4.78, 5) is 0. The molecule has 0 unspecified atom stereocenters. The number of nitrogens with two attached hydrogens (primary N) is 1. The van der Waals surface area contributed by atoms with E-state index in [0.29, 0.717) is 0 Å². The first-order valence-corrected chi connectivity index (χ1v) is 6.13. The Morgan fingerprint density at radius 2 is 1.78 bits per heavy atom. The van der Waals surface area contributed by atoms with Gasteiger partial charge in [0, 0.05) is 28.8 Å². The first-order chi connectivity index (χ1) is 8.74. The van der Waals surface area contributed by atoms with Crippen molar-refractivity contribution in [3.05, 3.63) is 65.9 Å². The first-order valence-electron chi connectivity index (χ1n) is 6.13. The minimum absolute atomic E-state index is 0.819. The normalized spacial score (nSPS) is 10.9. The molecular formula is C16H16N2. The SMILES string of the molecule is Cc1cc2cc(N)ccc2n1Cc1ccccc1. The summed E-state index contributed by atoms with van der Waals surface area (Å²) in [7, 11) is 0. The fourth-order valence-electron chi connectivity index (χ4n) is 2.40. The average Bonchev–Trinajstić information content (AvgIpc) is 2.66. The number of fused-ring (bicyclic) bond motifs is 1. The number of nitrogens with zero attached hydrogens (tertiary/aromatic N) is 1. The maximum atomic E-state index is 5.83. The maximum Gasteiger partial charge on any atom is 0.0487 e. The van der Waals surface area contributed by atoms with Crippen molar-refractivity contribution in [2.24, 2.45) is 0 Å². The van der Waals surface area contributed by atoms with E-state index < -0.39 is 0 Å². The van der Waals surface area contributed by atoms with Gasteiger partial charge in [0.15, 0.2) is 0 Å². The fourth-order valence-corrected chi connectivity index (χ4v) is 2.40. The van der Waals surface area contributed by atoms with Crippen LogP contribution in [0.2, 0.25) is 0 Å². The number of benzene rings is 2. The van der Waals surface area contributed by atoms with Crippen molar-refractivity contribution in [2.45, 2.75) is 13.5 Å². The summed E-state index contributed by atoms with van der Waals surface area (Å²) in [6.07, 6.45) is 0. The molecule has 0 fully saturated rings. The predicted octanol–water partition coefficient (Wildman–Crippen LogP) is 3.58. The van der Waals surface area contributed by atoms with Crippen molar-refractivity contribution < 1.29 is 0 Å². The maximum absolute atomic E-state index is 5.83. The van der Waals surface area contributed by atoms with Crippen LogP contribution in [0.15, 0.2) is 54.6 Å². The smallest absolute Gasteiger partial charge is 0.0487 e. The van der Waals surface area contributed by atoms with Gasteiger partial charge in [-0.25, -0.2) is 0 Å². The zero-order valence-corrected chi connectivity index (χ0v) is 10.4. The molecule has 0 radical (unpaired) electrons. The fraction of sp³-hybridized carbons (Fsp3) is 0.125. The van der Waals surface area contributed by atoms with E-state index in [-0.39, 0.29) is 0 Å². The van der Waals surface area contributed by atoms with Crippen LogP contribution in [0.3, 0.4) is 0 Å². The van der Waals surface area contributed by atoms with E-state index in [0.717, 1.165) is 12.2 Å². The van der Waals surface area contributed by atoms with Gasteiger partial charge in [0.2, 0.25) is 0 Å². The molecule has 0 spiro atoms. The van der Waals surface area contributed by atoms with E-state index in [4.69, 9.17) is 5.73 Å². The van der Waals surface area contributed by atoms with Crippen LogP contribution >= 0.6 is 0 Å². The molecule has 2 nitrogen and oxygen atoms in total. The van der Waals surface area contributed by atoms with Gasteiger partial charge in [-0.15, -0.1) is 0 Å². The second kappa shape index (κ2) is 4.22. The van der Waals surface area contributed by atoms with Gasteiger partial charge in [-0.1, -0.05) is 30.3 Å². The zero-order valence-electron chi connectivity index (χ0n) is 10.4. The molecule has 3 aromatic rings. The van der Waals surface area contributed by atoms with Crippen molar-refractivity contribution in [1.82, 2.24) is 4.57 Å². The Morgan fingerprint density at radius 3 is 2.56 bits per heavy atom. The van der Waals surface area contributed by atoms with Gasteiger partial charge in [0.1, 0.15) is 0 Å². The molecule has 1 heterocycles. The molecule has 0 bridgehead atoms. The molecule has 18 heavy (non-hydrogen) atoms. The second-order valence-corrected chi connectivity index (χ2v) is 4.68.